The lowest BCUT2D eigenvalue weighted by Crippen LogP contribution is -2.28. The van der Waals surface area contributed by atoms with Crippen LogP contribution in [0.2, 0.25) is 0 Å². The summed E-state index contributed by atoms with van der Waals surface area (Å²) in [5.41, 5.74) is 2.61. The van der Waals surface area contributed by atoms with E-state index in [-0.39, 0.29) is 5.91 Å². The molecule has 3 aromatic rings. The lowest BCUT2D eigenvalue weighted by molar-refractivity contribution is 0.0601. The summed E-state index contributed by atoms with van der Waals surface area (Å²) in [6.45, 7) is 0.593. The van der Waals surface area contributed by atoms with Crippen LogP contribution < -0.4 is 5.32 Å². The number of nitrogens with one attached hydrogen (secondary N) is 1. The van der Waals surface area contributed by atoms with Crippen molar-refractivity contribution in [1.29, 1.82) is 0 Å². The average molecular weight is 390 g/mol. The van der Waals surface area contributed by atoms with Gasteiger partial charge in [-0.05, 0) is 48.4 Å². The molecule has 0 spiro atoms. The molecule has 0 fully saturated rings. The number of amides is 1. The van der Waals surface area contributed by atoms with Crippen LogP contribution in [-0.2, 0) is 11.2 Å². The first kappa shape index (κ1) is 20.0. The molecule has 0 radical (unpaired) electrons. The third kappa shape index (κ3) is 5.16. The molecule has 29 heavy (non-hydrogen) atoms. The number of anilines is 2. The molecule has 0 aliphatic heterocycles. The van der Waals surface area contributed by atoms with Gasteiger partial charge in [0.15, 0.2) is 0 Å². The van der Waals surface area contributed by atoms with E-state index in [0.29, 0.717) is 29.2 Å². The maximum absolute atomic E-state index is 12.6. The lowest BCUT2D eigenvalue weighted by Gasteiger charge is -2.17. The van der Waals surface area contributed by atoms with Crippen molar-refractivity contribution in [3.05, 3.63) is 83.8 Å². The number of carbonyl (C=O) groups is 2. The molecule has 7 nitrogen and oxygen atoms in total. The molecular weight excluding hydrogens is 368 g/mol. The highest BCUT2D eigenvalue weighted by atomic mass is 16.5. The van der Waals surface area contributed by atoms with Crippen molar-refractivity contribution < 1.29 is 14.3 Å². The first-order valence-electron chi connectivity index (χ1n) is 9.13. The number of benzene rings is 1. The standard InChI is InChI=1S/C22H22N4O3/c1-26(14-11-16-9-12-23-13-10-16)21(27)17-7-8-20(24-15-17)25-19-6-4-3-5-18(19)22(28)29-2/h3-10,12-13,15H,11,14H2,1-2H3,(H,24,25). The van der Waals surface area contributed by atoms with Crippen molar-refractivity contribution >= 4 is 23.4 Å². The molecule has 1 amide bonds. The van der Waals surface area contributed by atoms with Crippen LogP contribution in [-0.4, -0.2) is 47.4 Å². The fourth-order valence-electron chi connectivity index (χ4n) is 2.78. The van der Waals surface area contributed by atoms with E-state index in [1.54, 1.807) is 54.7 Å². The molecule has 1 aromatic carbocycles. The quantitative estimate of drug-likeness (QED) is 0.623. The van der Waals surface area contributed by atoms with Crippen LogP contribution in [0, 0.1) is 0 Å². The number of likely N-dealkylation sites (N-methyl/N-ethyl adjacent to an activating group) is 1. The van der Waals surface area contributed by atoms with Gasteiger partial charge in [0.2, 0.25) is 0 Å². The Hall–Kier alpha value is -3.74. The zero-order chi connectivity index (χ0) is 20.6. The monoisotopic (exact) mass is 390 g/mol. The van der Waals surface area contributed by atoms with Gasteiger partial charge in [0, 0.05) is 32.2 Å². The van der Waals surface area contributed by atoms with Gasteiger partial charge in [0.25, 0.3) is 5.91 Å². The van der Waals surface area contributed by atoms with Gasteiger partial charge in [-0.2, -0.15) is 0 Å². The highest BCUT2D eigenvalue weighted by molar-refractivity contribution is 5.96. The van der Waals surface area contributed by atoms with Gasteiger partial charge in [-0.15, -0.1) is 0 Å². The molecule has 0 aliphatic rings. The highest BCUT2D eigenvalue weighted by Crippen LogP contribution is 2.20. The van der Waals surface area contributed by atoms with Gasteiger partial charge < -0.3 is 15.0 Å². The Labute approximate surface area is 169 Å². The Morgan fingerprint density at radius 2 is 1.83 bits per heavy atom. The molecule has 0 saturated heterocycles. The van der Waals surface area contributed by atoms with Crippen molar-refractivity contribution in [1.82, 2.24) is 14.9 Å². The molecule has 2 heterocycles. The summed E-state index contributed by atoms with van der Waals surface area (Å²) in [6.07, 6.45) is 5.76. The summed E-state index contributed by atoms with van der Waals surface area (Å²) in [6, 6.07) is 14.3. The third-order valence-electron chi connectivity index (χ3n) is 4.44. The molecule has 3 rings (SSSR count). The van der Waals surface area contributed by atoms with Gasteiger partial charge in [-0.3, -0.25) is 9.78 Å². The van der Waals surface area contributed by atoms with E-state index in [1.807, 2.05) is 18.2 Å². The predicted molar refractivity (Wildman–Crippen MR) is 110 cm³/mol. The molecule has 0 unspecified atom stereocenters. The van der Waals surface area contributed by atoms with Crippen LogP contribution in [0.4, 0.5) is 11.5 Å². The van der Waals surface area contributed by atoms with Crippen LogP contribution in [0.25, 0.3) is 0 Å². The molecule has 2 aromatic heterocycles. The number of methoxy groups -OCH3 is 1. The van der Waals surface area contributed by atoms with Gasteiger partial charge in [0.05, 0.1) is 23.9 Å². The van der Waals surface area contributed by atoms with E-state index in [4.69, 9.17) is 4.74 Å². The van der Waals surface area contributed by atoms with Gasteiger partial charge >= 0.3 is 5.97 Å². The normalized spacial score (nSPS) is 10.3. The number of hydrogen-bond acceptors (Lipinski definition) is 6. The number of aromatic nitrogens is 2. The fourth-order valence-corrected chi connectivity index (χ4v) is 2.78. The number of rotatable bonds is 7. The molecular formula is C22H22N4O3. The fraction of sp³-hybridized carbons (Fsp3) is 0.182. The maximum atomic E-state index is 12.6. The van der Waals surface area contributed by atoms with Crippen LogP contribution in [0.15, 0.2) is 67.1 Å². The minimum atomic E-state index is -0.435. The minimum Gasteiger partial charge on any atom is -0.465 e. The third-order valence-corrected chi connectivity index (χ3v) is 4.44. The number of para-hydroxylation sites is 1. The zero-order valence-electron chi connectivity index (χ0n) is 16.3. The molecule has 0 aliphatic carbocycles. The van der Waals surface area contributed by atoms with E-state index in [1.165, 1.54) is 13.3 Å². The van der Waals surface area contributed by atoms with Crippen molar-refractivity contribution in [3.8, 4) is 0 Å². The Kier molecular flexibility index (Phi) is 6.52. The Morgan fingerprint density at radius 3 is 2.52 bits per heavy atom. The van der Waals surface area contributed by atoms with Crippen molar-refractivity contribution in [2.75, 3.05) is 26.0 Å². The molecule has 148 valence electrons. The molecule has 0 bridgehead atoms. The topological polar surface area (TPSA) is 84.4 Å². The number of nitrogens with zero attached hydrogens (tertiary/aromatic N) is 3. The predicted octanol–water partition coefficient (Wildman–Crippen LogP) is 3.32. The first-order chi connectivity index (χ1) is 14.1. The number of ether oxygens (including phenoxy) is 1. The summed E-state index contributed by atoms with van der Waals surface area (Å²) in [5, 5.41) is 3.09. The molecule has 0 saturated carbocycles. The van der Waals surface area contributed by atoms with E-state index in [2.05, 4.69) is 15.3 Å². The number of carbonyl (C=O) groups excluding carboxylic acids is 2. The Morgan fingerprint density at radius 1 is 1.07 bits per heavy atom. The average Bonchev–Trinajstić information content (AvgIpc) is 2.78. The molecule has 7 heteroatoms. The number of pyridine rings is 2. The second-order valence-electron chi connectivity index (χ2n) is 6.43. The smallest absolute Gasteiger partial charge is 0.339 e. The van der Waals surface area contributed by atoms with Crippen LogP contribution in [0.3, 0.4) is 0 Å². The van der Waals surface area contributed by atoms with E-state index >= 15 is 0 Å². The summed E-state index contributed by atoms with van der Waals surface area (Å²) in [4.78, 5) is 34.4. The van der Waals surface area contributed by atoms with Crippen molar-refractivity contribution in [2.45, 2.75) is 6.42 Å². The lowest BCUT2D eigenvalue weighted by atomic mass is 10.1. The number of hydrogen-bond donors (Lipinski definition) is 1. The largest absolute Gasteiger partial charge is 0.465 e. The van der Waals surface area contributed by atoms with Gasteiger partial charge in [-0.25, -0.2) is 9.78 Å². The second kappa shape index (κ2) is 9.45. The Bertz CT molecular complexity index is 975. The van der Waals surface area contributed by atoms with E-state index < -0.39 is 5.97 Å². The Balaban J connectivity index is 1.64. The SMILES string of the molecule is COC(=O)c1ccccc1Nc1ccc(C(=O)N(C)CCc2ccncc2)cn1. The number of esters is 1. The zero-order valence-corrected chi connectivity index (χ0v) is 16.3. The second-order valence-corrected chi connectivity index (χ2v) is 6.43. The van der Waals surface area contributed by atoms with Crippen molar-refractivity contribution in [2.24, 2.45) is 0 Å². The van der Waals surface area contributed by atoms with Crippen LogP contribution >= 0.6 is 0 Å². The first-order valence-corrected chi connectivity index (χ1v) is 9.13. The van der Waals surface area contributed by atoms with Crippen LogP contribution in [0.5, 0.6) is 0 Å². The maximum Gasteiger partial charge on any atom is 0.339 e. The summed E-state index contributed by atoms with van der Waals surface area (Å²) in [5.74, 6) is -0.0128. The van der Waals surface area contributed by atoms with Crippen molar-refractivity contribution in [3.63, 3.8) is 0 Å². The van der Waals surface area contributed by atoms with Gasteiger partial charge in [-0.1, -0.05) is 12.1 Å². The molecule has 1 N–H and O–H groups in total. The highest BCUT2D eigenvalue weighted by Gasteiger charge is 2.14. The summed E-state index contributed by atoms with van der Waals surface area (Å²) < 4.78 is 4.79. The van der Waals surface area contributed by atoms with E-state index in [0.717, 1.165) is 12.0 Å². The summed E-state index contributed by atoms with van der Waals surface area (Å²) in [7, 11) is 3.10. The van der Waals surface area contributed by atoms with E-state index in [9.17, 15) is 9.59 Å². The van der Waals surface area contributed by atoms with Crippen LogP contribution in [0.1, 0.15) is 26.3 Å². The minimum absolute atomic E-state index is 0.104. The summed E-state index contributed by atoms with van der Waals surface area (Å²) >= 11 is 0. The van der Waals surface area contributed by atoms with Gasteiger partial charge in [0.1, 0.15) is 5.82 Å². The molecule has 0 atom stereocenters.